The standard InChI is InChI=1S/C14H13N3OS2/c1-8-13(20-9(2)15-8)11-7-19-14(17-11)16-10-5-3-4-6-12(10)18/h3-7,18H,1-2H3,(H,16,17). The van der Waals surface area contributed by atoms with Crippen molar-refractivity contribution in [1.29, 1.82) is 0 Å². The number of hydrogen-bond donors (Lipinski definition) is 2. The number of aromatic hydroxyl groups is 1. The van der Waals surface area contributed by atoms with Gasteiger partial charge in [0.15, 0.2) is 5.13 Å². The first-order chi connectivity index (χ1) is 9.63. The van der Waals surface area contributed by atoms with E-state index in [1.54, 1.807) is 23.5 Å². The molecule has 0 spiro atoms. The van der Waals surface area contributed by atoms with Gasteiger partial charge in [0.25, 0.3) is 0 Å². The van der Waals surface area contributed by atoms with E-state index >= 15 is 0 Å². The molecule has 0 amide bonds. The number of para-hydroxylation sites is 2. The van der Waals surface area contributed by atoms with Crippen LogP contribution in [0.3, 0.4) is 0 Å². The Bertz CT molecular complexity index is 748. The van der Waals surface area contributed by atoms with Crippen molar-refractivity contribution in [1.82, 2.24) is 9.97 Å². The molecule has 1 aromatic carbocycles. The Labute approximate surface area is 124 Å². The van der Waals surface area contributed by atoms with Gasteiger partial charge in [0, 0.05) is 5.38 Å². The SMILES string of the molecule is Cc1nc(C)c(-c2csc(Nc3ccccc3O)n2)s1. The maximum atomic E-state index is 9.75. The summed E-state index contributed by atoms with van der Waals surface area (Å²) in [5.74, 6) is 0.217. The van der Waals surface area contributed by atoms with Gasteiger partial charge in [0.2, 0.25) is 0 Å². The van der Waals surface area contributed by atoms with Gasteiger partial charge in [0.1, 0.15) is 5.75 Å². The molecule has 0 bridgehead atoms. The van der Waals surface area contributed by atoms with Crippen LogP contribution in [0.5, 0.6) is 5.75 Å². The van der Waals surface area contributed by atoms with E-state index in [1.165, 1.54) is 11.3 Å². The first-order valence-corrected chi connectivity index (χ1v) is 7.78. The van der Waals surface area contributed by atoms with Gasteiger partial charge < -0.3 is 10.4 Å². The Morgan fingerprint density at radius 2 is 1.95 bits per heavy atom. The molecule has 2 aromatic heterocycles. The molecule has 0 atom stereocenters. The molecule has 3 aromatic rings. The number of anilines is 2. The fraction of sp³-hybridized carbons (Fsp3) is 0.143. The van der Waals surface area contributed by atoms with Gasteiger partial charge in [-0.15, -0.1) is 22.7 Å². The predicted octanol–water partition coefficient (Wildman–Crippen LogP) is 4.33. The molecule has 102 valence electrons. The lowest BCUT2D eigenvalue weighted by atomic mass is 10.3. The Morgan fingerprint density at radius 3 is 2.65 bits per heavy atom. The zero-order valence-corrected chi connectivity index (χ0v) is 12.7. The van der Waals surface area contributed by atoms with E-state index in [9.17, 15) is 5.11 Å². The van der Waals surface area contributed by atoms with Crippen LogP contribution in [0.2, 0.25) is 0 Å². The van der Waals surface area contributed by atoms with Crippen LogP contribution in [0.25, 0.3) is 10.6 Å². The van der Waals surface area contributed by atoms with Crippen molar-refractivity contribution in [3.8, 4) is 16.3 Å². The molecule has 4 nitrogen and oxygen atoms in total. The Hall–Kier alpha value is -1.92. The first kappa shape index (κ1) is 13.1. The van der Waals surface area contributed by atoms with Crippen molar-refractivity contribution in [3.05, 3.63) is 40.3 Å². The summed E-state index contributed by atoms with van der Waals surface area (Å²) in [5.41, 5.74) is 2.59. The largest absolute Gasteiger partial charge is 0.506 e. The summed E-state index contributed by atoms with van der Waals surface area (Å²) in [6.45, 7) is 3.99. The fourth-order valence-electron chi connectivity index (χ4n) is 1.90. The van der Waals surface area contributed by atoms with E-state index in [1.807, 2.05) is 31.4 Å². The molecular weight excluding hydrogens is 290 g/mol. The molecule has 0 unspecified atom stereocenters. The Morgan fingerprint density at radius 1 is 1.15 bits per heavy atom. The monoisotopic (exact) mass is 303 g/mol. The summed E-state index contributed by atoms with van der Waals surface area (Å²) in [4.78, 5) is 10.1. The van der Waals surface area contributed by atoms with Gasteiger partial charge in [-0.3, -0.25) is 0 Å². The zero-order chi connectivity index (χ0) is 14.1. The van der Waals surface area contributed by atoms with E-state index in [2.05, 4.69) is 15.3 Å². The van der Waals surface area contributed by atoms with Crippen molar-refractivity contribution in [2.24, 2.45) is 0 Å². The number of hydrogen-bond acceptors (Lipinski definition) is 6. The highest BCUT2D eigenvalue weighted by molar-refractivity contribution is 7.16. The van der Waals surface area contributed by atoms with Crippen molar-refractivity contribution >= 4 is 33.5 Å². The third-order valence-corrected chi connectivity index (χ3v) is 4.64. The molecule has 0 saturated heterocycles. The van der Waals surface area contributed by atoms with E-state index in [-0.39, 0.29) is 5.75 Å². The van der Waals surface area contributed by atoms with Crippen molar-refractivity contribution in [2.45, 2.75) is 13.8 Å². The molecule has 2 N–H and O–H groups in total. The highest BCUT2D eigenvalue weighted by Gasteiger charge is 2.12. The topological polar surface area (TPSA) is 58.0 Å². The maximum Gasteiger partial charge on any atom is 0.187 e. The van der Waals surface area contributed by atoms with Crippen LogP contribution < -0.4 is 5.32 Å². The molecule has 20 heavy (non-hydrogen) atoms. The lowest BCUT2D eigenvalue weighted by molar-refractivity contribution is 0.478. The minimum Gasteiger partial charge on any atom is -0.506 e. The Kier molecular flexibility index (Phi) is 3.42. The quantitative estimate of drug-likeness (QED) is 0.707. The van der Waals surface area contributed by atoms with Gasteiger partial charge in [-0.1, -0.05) is 12.1 Å². The summed E-state index contributed by atoms with van der Waals surface area (Å²) in [6, 6.07) is 7.12. The molecule has 0 radical (unpaired) electrons. The maximum absolute atomic E-state index is 9.75. The van der Waals surface area contributed by atoms with Crippen LogP contribution in [0.4, 0.5) is 10.8 Å². The normalized spacial score (nSPS) is 10.7. The van der Waals surface area contributed by atoms with Crippen molar-refractivity contribution in [3.63, 3.8) is 0 Å². The highest BCUT2D eigenvalue weighted by Crippen LogP contribution is 2.34. The van der Waals surface area contributed by atoms with Crippen LogP contribution in [-0.4, -0.2) is 15.1 Å². The zero-order valence-electron chi connectivity index (χ0n) is 11.0. The average Bonchev–Trinajstić information content (AvgIpc) is 2.99. The number of nitrogens with zero attached hydrogens (tertiary/aromatic N) is 2. The second kappa shape index (κ2) is 5.22. The molecule has 0 saturated carbocycles. The third-order valence-electron chi connectivity index (χ3n) is 2.79. The minimum atomic E-state index is 0.217. The highest BCUT2D eigenvalue weighted by atomic mass is 32.1. The summed E-state index contributed by atoms with van der Waals surface area (Å²) in [7, 11) is 0. The molecule has 3 rings (SSSR count). The van der Waals surface area contributed by atoms with Gasteiger partial charge >= 0.3 is 0 Å². The number of phenolic OH excluding ortho intramolecular Hbond substituents is 1. The predicted molar refractivity (Wildman–Crippen MR) is 84.1 cm³/mol. The number of phenols is 1. The summed E-state index contributed by atoms with van der Waals surface area (Å²) in [5, 5.41) is 16.7. The van der Waals surface area contributed by atoms with E-state index in [0.29, 0.717) is 5.69 Å². The van der Waals surface area contributed by atoms with Crippen LogP contribution in [0.1, 0.15) is 10.7 Å². The van der Waals surface area contributed by atoms with Crippen molar-refractivity contribution < 1.29 is 5.11 Å². The van der Waals surface area contributed by atoms with E-state index in [0.717, 1.165) is 26.4 Å². The number of aromatic nitrogens is 2. The molecule has 0 aliphatic rings. The number of thiazole rings is 2. The van der Waals surface area contributed by atoms with Gasteiger partial charge in [-0.2, -0.15) is 0 Å². The Balaban J connectivity index is 1.88. The molecule has 6 heteroatoms. The summed E-state index contributed by atoms with van der Waals surface area (Å²) in [6.07, 6.45) is 0. The molecule has 0 aliphatic carbocycles. The van der Waals surface area contributed by atoms with Gasteiger partial charge in [-0.25, -0.2) is 9.97 Å². The lowest BCUT2D eigenvalue weighted by Crippen LogP contribution is -1.89. The minimum absolute atomic E-state index is 0.217. The molecular formula is C14H13N3OS2. The molecule has 0 fully saturated rings. The first-order valence-electron chi connectivity index (χ1n) is 6.08. The van der Waals surface area contributed by atoms with E-state index < -0.39 is 0 Å². The van der Waals surface area contributed by atoms with Crippen LogP contribution in [0.15, 0.2) is 29.6 Å². The number of aryl methyl sites for hydroxylation is 2. The second-order valence-corrected chi connectivity index (χ2v) is 6.39. The lowest BCUT2D eigenvalue weighted by Gasteiger charge is -2.03. The van der Waals surface area contributed by atoms with Gasteiger partial charge in [0.05, 0.1) is 27.0 Å². The average molecular weight is 303 g/mol. The van der Waals surface area contributed by atoms with Crippen molar-refractivity contribution in [2.75, 3.05) is 5.32 Å². The molecule has 0 aliphatic heterocycles. The van der Waals surface area contributed by atoms with E-state index in [4.69, 9.17) is 0 Å². The smallest absolute Gasteiger partial charge is 0.187 e. The van der Waals surface area contributed by atoms with Crippen LogP contribution in [-0.2, 0) is 0 Å². The number of nitrogens with one attached hydrogen (secondary N) is 1. The third kappa shape index (κ3) is 2.52. The number of rotatable bonds is 3. The fourth-order valence-corrected chi connectivity index (χ4v) is 3.57. The second-order valence-electron chi connectivity index (χ2n) is 4.33. The number of benzene rings is 1. The van der Waals surface area contributed by atoms with Crippen LogP contribution in [0, 0.1) is 13.8 Å². The van der Waals surface area contributed by atoms with Gasteiger partial charge in [-0.05, 0) is 26.0 Å². The molecule has 2 heterocycles. The summed E-state index contributed by atoms with van der Waals surface area (Å²) < 4.78 is 0. The van der Waals surface area contributed by atoms with Crippen LogP contribution >= 0.6 is 22.7 Å². The summed E-state index contributed by atoms with van der Waals surface area (Å²) >= 11 is 3.16.